The average molecular weight is 425 g/mol. The number of rotatable bonds is 4. The van der Waals surface area contributed by atoms with Gasteiger partial charge in [0.15, 0.2) is 11.6 Å². The molecule has 3 nitrogen and oxygen atoms in total. The molecular weight excluding hydrogens is 401 g/mol. The predicted octanol–water partition coefficient (Wildman–Crippen LogP) is 5.50. The van der Waals surface area contributed by atoms with E-state index < -0.39 is 29.3 Å². The highest BCUT2D eigenvalue weighted by molar-refractivity contribution is 6.30. The maximum atomic E-state index is 14.7. The van der Waals surface area contributed by atoms with Crippen LogP contribution in [0.5, 0.6) is 0 Å². The molecule has 2 aromatic rings. The summed E-state index contributed by atoms with van der Waals surface area (Å²) in [5.41, 5.74) is 0.451. The highest BCUT2D eigenvalue weighted by Gasteiger charge is 2.44. The van der Waals surface area contributed by atoms with Crippen LogP contribution >= 0.6 is 11.6 Å². The number of carbonyl (C=O) groups excluding carboxylic acids is 1. The number of carbonyl (C=O) groups is 1. The summed E-state index contributed by atoms with van der Waals surface area (Å²) in [6, 6.07) is 7.73. The molecule has 3 rings (SSSR count). The third-order valence-electron chi connectivity index (χ3n) is 5.17. The van der Waals surface area contributed by atoms with Gasteiger partial charge < -0.3 is 10.6 Å². The van der Waals surface area contributed by atoms with E-state index in [1.165, 1.54) is 12.1 Å². The third kappa shape index (κ3) is 4.93. The zero-order valence-corrected chi connectivity index (χ0v) is 17.3. The Labute approximate surface area is 173 Å². The summed E-state index contributed by atoms with van der Waals surface area (Å²) in [6.07, 6.45) is 0.682. The number of amides is 1. The van der Waals surface area contributed by atoms with Crippen molar-refractivity contribution in [3.63, 3.8) is 0 Å². The summed E-state index contributed by atoms with van der Waals surface area (Å²) in [5.74, 6) is -3.99. The number of nitrogens with one attached hydrogen (secondary N) is 2. The molecule has 0 radical (unpaired) electrons. The van der Waals surface area contributed by atoms with Gasteiger partial charge in [-0.2, -0.15) is 0 Å². The van der Waals surface area contributed by atoms with Gasteiger partial charge in [0.25, 0.3) is 0 Å². The Morgan fingerprint density at radius 1 is 1.17 bits per heavy atom. The summed E-state index contributed by atoms with van der Waals surface area (Å²) in [6.45, 7) is 6.60. The van der Waals surface area contributed by atoms with Gasteiger partial charge in [-0.05, 0) is 35.6 Å². The minimum Gasteiger partial charge on any atom is -0.326 e. The van der Waals surface area contributed by atoms with Crippen LogP contribution in [0.25, 0.3) is 0 Å². The fraction of sp³-hybridized carbons (Fsp3) is 0.409. The standard InChI is InChI=1S/C22H24ClF3N2O/c1-22(2,3)10-18-19(21(29)28-12-7-8-16(24)17(25)9-12)14(11-27-18)13-5-4-6-15(23)20(13)26/h4-9,14,18-19,27H,10-11H2,1-3H3,(H,28,29)/t14-,18?,19+/m1/s1. The van der Waals surface area contributed by atoms with Gasteiger partial charge in [-0.25, -0.2) is 13.2 Å². The molecule has 0 bridgehead atoms. The average Bonchev–Trinajstić information content (AvgIpc) is 3.02. The molecule has 1 heterocycles. The SMILES string of the molecule is CC(C)(C)CC1NC[C@H](c2cccc(Cl)c2F)[C@@H]1C(=O)Nc1ccc(F)c(F)c1. The van der Waals surface area contributed by atoms with E-state index in [9.17, 15) is 18.0 Å². The molecule has 0 aliphatic carbocycles. The summed E-state index contributed by atoms with van der Waals surface area (Å²) in [5, 5.41) is 6.00. The molecule has 1 amide bonds. The first-order chi connectivity index (χ1) is 13.6. The lowest BCUT2D eigenvalue weighted by atomic mass is 9.78. The van der Waals surface area contributed by atoms with Gasteiger partial charge in [0.1, 0.15) is 5.82 Å². The maximum absolute atomic E-state index is 14.7. The topological polar surface area (TPSA) is 41.1 Å². The Kier molecular flexibility index (Phi) is 6.24. The highest BCUT2D eigenvalue weighted by Crippen LogP contribution is 2.39. The predicted molar refractivity (Wildman–Crippen MR) is 108 cm³/mol. The van der Waals surface area contributed by atoms with Gasteiger partial charge in [0, 0.05) is 30.3 Å². The van der Waals surface area contributed by atoms with Gasteiger partial charge >= 0.3 is 0 Å². The zero-order valence-electron chi connectivity index (χ0n) is 16.5. The molecule has 1 aliphatic rings. The molecule has 2 aromatic carbocycles. The lowest BCUT2D eigenvalue weighted by Crippen LogP contribution is -2.38. The molecule has 2 N–H and O–H groups in total. The quantitative estimate of drug-likeness (QED) is 0.680. The van der Waals surface area contributed by atoms with Gasteiger partial charge in [0.2, 0.25) is 5.91 Å². The molecule has 0 aromatic heterocycles. The van der Waals surface area contributed by atoms with E-state index >= 15 is 0 Å². The van der Waals surface area contributed by atoms with E-state index in [0.717, 1.165) is 12.1 Å². The lowest BCUT2D eigenvalue weighted by Gasteiger charge is -2.29. The van der Waals surface area contributed by atoms with Crippen molar-refractivity contribution in [3.05, 3.63) is 64.4 Å². The van der Waals surface area contributed by atoms with Crippen molar-refractivity contribution in [2.24, 2.45) is 11.3 Å². The van der Waals surface area contributed by atoms with Crippen LogP contribution in [-0.2, 0) is 4.79 Å². The molecule has 1 aliphatic heterocycles. The third-order valence-corrected chi connectivity index (χ3v) is 5.46. The molecular formula is C22H24ClF3N2O. The molecule has 29 heavy (non-hydrogen) atoms. The summed E-state index contributed by atoms with van der Waals surface area (Å²) in [4.78, 5) is 13.2. The normalized spacial score (nSPS) is 22.0. The lowest BCUT2D eigenvalue weighted by molar-refractivity contribution is -0.120. The molecule has 1 saturated heterocycles. The van der Waals surface area contributed by atoms with Crippen molar-refractivity contribution in [3.8, 4) is 0 Å². The van der Waals surface area contributed by atoms with Crippen LogP contribution in [0.1, 0.15) is 38.7 Å². The van der Waals surface area contributed by atoms with Crippen molar-refractivity contribution in [1.29, 1.82) is 0 Å². The van der Waals surface area contributed by atoms with Crippen molar-refractivity contribution in [2.45, 2.75) is 39.2 Å². The number of hydrogen-bond acceptors (Lipinski definition) is 2. The Morgan fingerprint density at radius 2 is 1.90 bits per heavy atom. The van der Waals surface area contributed by atoms with E-state index in [0.29, 0.717) is 18.5 Å². The van der Waals surface area contributed by atoms with Crippen molar-refractivity contribution in [2.75, 3.05) is 11.9 Å². The van der Waals surface area contributed by atoms with Crippen LogP contribution in [0.3, 0.4) is 0 Å². The molecule has 1 unspecified atom stereocenters. The molecule has 0 saturated carbocycles. The van der Waals surface area contributed by atoms with Crippen LogP contribution in [0.4, 0.5) is 18.9 Å². The largest absolute Gasteiger partial charge is 0.326 e. The van der Waals surface area contributed by atoms with Gasteiger partial charge in [-0.15, -0.1) is 0 Å². The molecule has 3 atom stereocenters. The van der Waals surface area contributed by atoms with Gasteiger partial charge in [-0.3, -0.25) is 4.79 Å². The Balaban J connectivity index is 1.93. The molecule has 156 valence electrons. The number of benzene rings is 2. The van der Waals surface area contributed by atoms with E-state index in [4.69, 9.17) is 11.6 Å². The first-order valence-electron chi connectivity index (χ1n) is 9.50. The fourth-order valence-corrected chi connectivity index (χ4v) is 4.13. The number of hydrogen-bond donors (Lipinski definition) is 2. The van der Waals surface area contributed by atoms with Crippen LogP contribution in [0.15, 0.2) is 36.4 Å². The summed E-state index contributed by atoms with van der Waals surface area (Å²) in [7, 11) is 0. The van der Waals surface area contributed by atoms with E-state index in [2.05, 4.69) is 31.4 Å². The van der Waals surface area contributed by atoms with Gasteiger partial charge in [0.05, 0.1) is 10.9 Å². The zero-order chi connectivity index (χ0) is 21.3. The summed E-state index contributed by atoms with van der Waals surface area (Å²) >= 11 is 5.95. The monoisotopic (exact) mass is 424 g/mol. The first kappa shape index (κ1) is 21.7. The fourth-order valence-electron chi connectivity index (χ4n) is 3.95. The van der Waals surface area contributed by atoms with Gasteiger partial charge in [-0.1, -0.05) is 44.5 Å². The molecule has 7 heteroatoms. The van der Waals surface area contributed by atoms with Crippen LogP contribution in [0, 0.1) is 28.8 Å². The minimum atomic E-state index is -1.05. The van der Waals surface area contributed by atoms with Crippen LogP contribution < -0.4 is 10.6 Å². The molecule has 0 spiro atoms. The number of halogens is 4. The smallest absolute Gasteiger partial charge is 0.229 e. The van der Waals surface area contributed by atoms with E-state index in [-0.39, 0.29) is 28.1 Å². The number of anilines is 1. The Bertz CT molecular complexity index is 913. The second kappa shape index (κ2) is 8.36. The summed E-state index contributed by atoms with van der Waals surface area (Å²) < 4.78 is 41.4. The Hall–Kier alpha value is -2.05. The van der Waals surface area contributed by atoms with Crippen molar-refractivity contribution >= 4 is 23.2 Å². The van der Waals surface area contributed by atoms with Crippen molar-refractivity contribution < 1.29 is 18.0 Å². The maximum Gasteiger partial charge on any atom is 0.229 e. The van der Waals surface area contributed by atoms with Crippen molar-refractivity contribution in [1.82, 2.24) is 5.32 Å². The van der Waals surface area contributed by atoms with E-state index in [1.54, 1.807) is 12.1 Å². The molecule has 1 fully saturated rings. The van der Waals surface area contributed by atoms with Crippen LogP contribution in [-0.4, -0.2) is 18.5 Å². The Morgan fingerprint density at radius 3 is 2.55 bits per heavy atom. The minimum absolute atomic E-state index is 0.00142. The second-order valence-electron chi connectivity index (χ2n) is 8.67. The van der Waals surface area contributed by atoms with E-state index in [1.807, 2.05) is 0 Å². The second-order valence-corrected chi connectivity index (χ2v) is 9.08. The first-order valence-corrected chi connectivity index (χ1v) is 9.88. The van der Waals surface area contributed by atoms with Crippen LogP contribution in [0.2, 0.25) is 5.02 Å². The highest BCUT2D eigenvalue weighted by atomic mass is 35.5.